The van der Waals surface area contributed by atoms with Crippen molar-refractivity contribution in [2.24, 2.45) is 5.73 Å². The molecule has 0 saturated carbocycles. The predicted molar refractivity (Wildman–Crippen MR) is 79.2 cm³/mol. The molecule has 1 fully saturated rings. The van der Waals surface area contributed by atoms with Gasteiger partial charge in [-0.25, -0.2) is 4.68 Å². The highest BCUT2D eigenvalue weighted by atomic mass is 16.5. The number of aryl methyl sites for hydroxylation is 1. The van der Waals surface area contributed by atoms with Crippen LogP contribution < -0.4 is 10.6 Å². The molecule has 0 aliphatic carbocycles. The van der Waals surface area contributed by atoms with Crippen LogP contribution in [0.3, 0.4) is 0 Å². The Morgan fingerprint density at radius 1 is 1.15 bits per heavy atom. The zero-order chi connectivity index (χ0) is 13.9. The molecular formula is C15H20N4O. The highest BCUT2D eigenvalue weighted by Gasteiger charge is 2.11. The number of aromatic nitrogens is 2. The maximum atomic E-state index is 5.69. The van der Waals surface area contributed by atoms with E-state index in [1.54, 1.807) is 0 Å². The molecule has 1 aliphatic heterocycles. The van der Waals surface area contributed by atoms with Crippen LogP contribution in [-0.2, 0) is 11.3 Å². The first-order valence-corrected chi connectivity index (χ1v) is 6.96. The van der Waals surface area contributed by atoms with E-state index in [9.17, 15) is 0 Å². The topological polar surface area (TPSA) is 56.3 Å². The molecule has 0 atom stereocenters. The monoisotopic (exact) mass is 272 g/mol. The van der Waals surface area contributed by atoms with E-state index in [-0.39, 0.29) is 0 Å². The number of morpholine rings is 1. The second-order valence-corrected chi connectivity index (χ2v) is 5.00. The Morgan fingerprint density at radius 2 is 1.80 bits per heavy atom. The SMILES string of the molecule is Cc1nn(-c2ccc(N3CCOCC3)cc2)cc1CN. The second-order valence-electron chi connectivity index (χ2n) is 5.00. The van der Waals surface area contributed by atoms with Gasteiger partial charge in [-0.3, -0.25) is 0 Å². The molecule has 2 N–H and O–H groups in total. The van der Waals surface area contributed by atoms with Gasteiger partial charge in [0, 0.05) is 37.1 Å². The predicted octanol–water partition coefficient (Wildman–Crippen LogP) is 1.48. The minimum atomic E-state index is 0.525. The highest BCUT2D eigenvalue weighted by Crippen LogP contribution is 2.19. The van der Waals surface area contributed by atoms with Crippen LogP contribution in [0.1, 0.15) is 11.3 Å². The number of benzene rings is 1. The molecule has 2 heterocycles. The molecule has 1 saturated heterocycles. The zero-order valence-electron chi connectivity index (χ0n) is 11.7. The average molecular weight is 272 g/mol. The summed E-state index contributed by atoms with van der Waals surface area (Å²) in [7, 11) is 0. The van der Waals surface area contributed by atoms with Crippen molar-refractivity contribution in [2.75, 3.05) is 31.2 Å². The minimum absolute atomic E-state index is 0.525. The second kappa shape index (κ2) is 5.64. The Labute approximate surface area is 118 Å². The van der Waals surface area contributed by atoms with Crippen molar-refractivity contribution in [3.05, 3.63) is 41.7 Å². The number of nitrogens with zero attached hydrogens (tertiary/aromatic N) is 3. The molecule has 0 radical (unpaired) electrons. The largest absolute Gasteiger partial charge is 0.378 e. The van der Waals surface area contributed by atoms with Gasteiger partial charge in [-0.2, -0.15) is 5.10 Å². The Morgan fingerprint density at radius 3 is 2.40 bits per heavy atom. The molecular weight excluding hydrogens is 252 g/mol. The van der Waals surface area contributed by atoms with Crippen LogP contribution in [0.5, 0.6) is 0 Å². The lowest BCUT2D eigenvalue weighted by Crippen LogP contribution is -2.36. The maximum Gasteiger partial charge on any atom is 0.0647 e. The summed E-state index contributed by atoms with van der Waals surface area (Å²) >= 11 is 0. The van der Waals surface area contributed by atoms with Gasteiger partial charge in [0.2, 0.25) is 0 Å². The van der Waals surface area contributed by atoms with Crippen LogP contribution in [0.25, 0.3) is 5.69 Å². The Balaban J connectivity index is 1.81. The van der Waals surface area contributed by atoms with Crippen molar-refractivity contribution in [3.8, 4) is 5.69 Å². The van der Waals surface area contributed by atoms with E-state index in [0.29, 0.717) is 6.54 Å². The molecule has 5 nitrogen and oxygen atoms in total. The molecule has 0 spiro atoms. The molecule has 0 bridgehead atoms. The van der Waals surface area contributed by atoms with Gasteiger partial charge >= 0.3 is 0 Å². The Kier molecular flexibility index (Phi) is 3.71. The number of hydrogen-bond acceptors (Lipinski definition) is 4. The molecule has 5 heteroatoms. The Bertz CT molecular complexity index is 570. The van der Waals surface area contributed by atoms with Gasteiger partial charge in [0.05, 0.1) is 24.6 Å². The third kappa shape index (κ3) is 2.55. The van der Waals surface area contributed by atoms with Crippen LogP contribution in [0.4, 0.5) is 5.69 Å². The summed E-state index contributed by atoms with van der Waals surface area (Å²) in [6.07, 6.45) is 2.00. The summed E-state index contributed by atoms with van der Waals surface area (Å²) in [5, 5.41) is 4.50. The Hall–Kier alpha value is -1.85. The van der Waals surface area contributed by atoms with Crippen molar-refractivity contribution in [3.63, 3.8) is 0 Å². The fraction of sp³-hybridized carbons (Fsp3) is 0.400. The molecule has 106 valence electrons. The smallest absolute Gasteiger partial charge is 0.0647 e. The average Bonchev–Trinajstić information content (AvgIpc) is 2.89. The molecule has 2 aromatic rings. The van der Waals surface area contributed by atoms with E-state index >= 15 is 0 Å². The first kappa shape index (κ1) is 13.1. The standard InChI is InChI=1S/C15H20N4O/c1-12-13(10-16)11-19(17-12)15-4-2-14(3-5-15)18-6-8-20-9-7-18/h2-5,11H,6-10,16H2,1H3. The van der Waals surface area contributed by atoms with E-state index < -0.39 is 0 Å². The summed E-state index contributed by atoms with van der Waals surface area (Å²) < 4.78 is 7.26. The molecule has 0 amide bonds. The first-order chi connectivity index (χ1) is 9.78. The zero-order valence-corrected chi connectivity index (χ0v) is 11.7. The summed E-state index contributed by atoms with van der Waals surface area (Å²) in [6, 6.07) is 8.47. The van der Waals surface area contributed by atoms with Crippen LogP contribution in [-0.4, -0.2) is 36.1 Å². The van der Waals surface area contributed by atoms with Gasteiger partial charge in [0.1, 0.15) is 0 Å². The van der Waals surface area contributed by atoms with Crippen molar-refractivity contribution < 1.29 is 4.74 Å². The van der Waals surface area contributed by atoms with Gasteiger partial charge in [0.25, 0.3) is 0 Å². The van der Waals surface area contributed by atoms with Crippen LogP contribution in [0.15, 0.2) is 30.5 Å². The third-order valence-electron chi connectivity index (χ3n) is 3.71. The molecule has 3 rings (SSSR count). The lowest BCUT2D eigenvalue weighted by atomic mass is 10.2. The van der Waals surface area contributed by atoms with E-state index in [2.05, 4.69) is 34.3 Å². The van der Waals surface area contributed by atoms with Gasteiger partial charge in [0.15, 0.2) is 0 Å². The molecule has 20 heavy (non-hydrogen) atoms. The molecule has 1 aliphatic rings. The fourth-order valence-electron chi connectivity index (χ4n) is 2.47. The lowest BCUT2D eigenvalue weighted by molar-refractivity contribution is 0.122. The van der Waals surface area contributed by atoms with Gasteiger partial charge in [-0.05, 0) is 31.2 Å². The van der Waals surface area contributed by atoms with Crippen LogP contribution in [0, 0.1) is 6.92 Å². The van der Waals surface area contributed by atoms with E-state index in [1.807, 2.05) is 17.8 Å². The number of rotatable bonds is 3. The number of ether oxygens (including phenoxy) is 1. The van der Waals surface area contributed by atoms with Crippen molar-refractivity contribution in [2.45, 2.75) is 13.5 Å². The van der Waals surface area contributed by atoms with Gasteiger partial charge in [-0.15, -0.1) is 0 Å². The van der Waals surface area contributed by atoms with Crippen molar-refractivity contribution in [1.29, 1.82) is 0 Å². The maximum absolute atomic E-state index is 5.69. The first-order valence-electron chi connectivity index (χ1n) is 6.96. The number of nitrogens with two attached hydrogens (primary N) is 1. The molecule has 1 aromatic heterocycles. The molecule has 0 unspecified atom stereocenters. The van der Waals surface area contributed by atoms with E-state index in [1.165, 1.54) is 5.69 Å². The van der Waals surface area contributed by atoms with Crippen molar-refractivity contribution >= 4 is 5.69 Å². The van der Waals surface area contributed by atoms with Gasteiger partial charge < -0.3 is 15.4 Å². The van der Waals surface area contributed by atoms with Crippen LogP contribution >= 0.6 is 0 Å². The summed E-state index contributed by atoms with van der Waals surface area (Å²) in [5.41, 5.74) is 10.1. The lowest BCUT2D eigenvalue weighted by Gasteiger charge is -2.28. The third-order valence-corrected chi connectivity index (χ3v) is 3.71. The van der Waals surface area contributed by atoms with Crippen LogP contribution in [0.2, 0.25) is 0 Å². The number of anilines is 1. The highest BCUT2D eigenvalue weighted by molar-refractivity contribution is 5.51. The van der Waals surface area contributed by atoms with E-state index in [4.69, 9.17) is 10.5 Å². The van der Waals surface area contributed by atoms with Crippen molar-refractivity contribution in [1.82, 2.24) is 9.78 Å². The summed E-state index contributed by atoms with van der Waals surface area (Å²) in [5.74, 6) is 0. The van der Waals surface area contributed by atoms with E-state index in [0.717, 1.165) is 43.2 Å². The quantitative estimate of drug-likeness (QED) is 0.919. The fourth-order valence-corrected chi connectivity index (χ4v) is 2.47. The minimum Gasteiger partial charge on any atom is -0.378 e. The molecule has 1 aromatic carbocycles. The van der Waals surface area contributed by atoms with Gasteiger partial charge in [-0.1, -0.05) is 0 Å². The summed E-state index contributed by atoms with van der Waals surface area (Å²) in [6.45, 7) is 6.04. The number of hydrogen-bond donors (Lipinski definition) is 1. The summed E-state index contributed by atoms with van der Waals surface area (Å²) in [4.78, 5) is 2.34. The normalized spacial score (nSPS) is 15.6.